The van der Waals surface area contributed by atoms with Gasteiger partial charge in [0.15, 0.2) is 0 Å². The van der Waals surface area contributed by atoms with E-state index >= 15 is 0 Å². The molecule has 2 unspecified atom stereocenters. The van der Waals surface area contributed by atoms with Crippen LogP contribution in [0, 0.1) is 6.92 Å². The average molecular weight is 334 g/mol. The smallest absolute Gasteiger partial charge is 0.352 e. The molecule has 0 spiro atoms. The first kappa shape index (κ1) is 17.1. The van der Waals surface area contributed by atoms with E-state index in [1.807, 2.05) is 6.92 Å². The summed E-state index contributed by atoms with van der Waals surface area (Å²) in [5.74, 6) is 0. The highest BCUT2D eigenvalue weighted by atomic mass is 31.2. The second-order valence-electron chi connectivity index (χ2n) is 5.05. The molecule has 1 aromatic heterocycles. The number of H-pyrrole nitrogens is 1. The van der Waals surface area contributed by atoms with Crippen molar-refractivity contribution in [3.63, 3.8) is 0 Å². The van der Waals surface area contributed by atoms with E-state index in [9.17, 15) is 19.0 Å². The minimum Gasteiger partial charge on any atom is -0.352 e. The summed E-state index contributed by atoms with van der Waals surface area (Å²) in [5.41, 5.74) is -0.696. The molecule has 1 fully saturated rings. The standard InChI is InChI=1S/C12H19N2O7P/c1-4-8-9(21-22(17,18)19-3)5-10(20-8)14-6-7(2)11(15)13-12(14)16/h6,8-10H,4-5H2,1-3H3,(H,17,18)(H,13,15,16)/t8-,9?,10-/m1/s1. The van der Waals surface area contributed by atoms with Crippen LogP contribution >= 0.6 is 7.82 Å². The van der Waals surface area contributed by atoms with Gasteiger partial charge in [-0.1, -0.05) is 6.92 Å². The first-order valence-corrected chi connectivity index (χ1v) is 8.31. The number of aromatic nitrogens is 2. The Hall–Kier alpha value is -1.25. The van der Waals surface area contributed by atoms with Gasteiger partial charge in [0.25, 0.3) is 5.56 Å². The maximum absolute atomic E-state index is 11.9. The second kappa shape index (κ2) is 6.47. The van der Waals surface area contributed by atoms with Gasteiger partial charge in [0.05, 0.1) is 12.2 Å². The molecule has 0 aromatic carbocycles. The second-order valence-corrected chi connectivity index (χ2v) is 6.56. The average Bonchev–Trinajstić information content (AvgIpc) is 2.84. The van der Waals surface area contributed by atoms with Crippen LogP contribution in [-0.2, 0) is 18.3 Å². The van der Waals surface area contributed by atoms with Crippen LogP contribution in [0.1, 0.15) is 31.6 Å². The topological polar surface area (TPSA) is 120 Å². The van der Waals surface area contributed by atoms with Gasteiger partial charge in [-0.2, -0.15) is 0 Å². The minimum atomic E-state index is -4.15. The third-order valence-electron chi connectivity index (χ3n) is 3.54. The van der Waals surface area contributed by atoms with E-state index in [1.165, 1.54) is 10.8 Å². The summed E-state index contributed by atoms with van der Waals surface area (Å²) in [6.45, 7) is 3.40. The van der Waals surface area contributed by atoms with Crippen molar-refractivity contribution in [1.29, 1.82) is 0 Å². The molecule has 1 aliphatic heterocycles. The van der Waals surface area contributed by atoms with Gasteiger partial charge in [-0.3, -0.25) is 23.4 Å². The van der Waals surface area contributed by atoms with Gasteiger partial charge in [0.2, 0.25) is 0 Å². The highest BCUT2D eigenvalue weighted by Gasteiger charge is 2.40. The van der Waals surface area contributed by atoms with Crippen LogP contribution in [0.3, 0.4) is 0 Å². The number of hydrogen-bond acceptors (Lipinski definition) is 6. The molecule has 2 heterocycles. The Balaban J connectivity index is 2.25. The number of rotatable bonds is 5. The summed E-state index contributed by atoms with van der Waals surface area (Å²) in [7, 11) is -3.07. The summed E-state index contributed by atoms with van der Waals surface area (Å²) in [5, 5.41) is 0. The Kier molecular flexibility index (Phi) is 5.03. The summed E-state index contributed by atoms with van der Waals surface area (Å²) < 4.78 is 28.0. The van der Waals surface area contributed by atoms with Crippen molar-refractivity contribution >= 4 is 7.82 Å². The minimum absolute atomic E-state index is 0.192. The van der Waals surface area contributed by atoms with E-state index in [0.717, 1.165) is 7.11 Å². The molecule has 0 amide bonds. The van der Waals surface area contributed by atoms with Gasteiger partial charge in [-0.05, 0) is 13.3 Å². The Morgan fingerprint density at radius 3 is 2.82 bits per heavy atom. The molecule has 10 heteroatoms. The molecule has 1 aromatic rings. The zero-order chi connectivity index (χ0) is 16.5. The maximum atomic E-state index is 11.9. The summed E-state index contributed by atoms with van der Waals surface area (Å²) >= 11 is 0. The van der Waals surface area contributed by atoms with E-state index in [2.05, 4.69) is 9.51 Å². The summed E-state index contributed by atoms with van der Waals surface area (Å²) in [4.78, 5) is 34.9. The fourth-order valence-corrected chi connectivity index (χ4v) is 3.01. The quantitative estimate of drug-likeness (QED) is 0.760. The molecule has 0 aliphatic carbocycles. The Morgan fingerprint density at radius 2 is 2.23 bits per heavy atom. The molecule has 2 rings (SSSR count). The number of phosphoric acid groups is 1. The van der Waals surface area contributed by atoms with Crippen molar-refractivity contribution < 1.29 is 23.2 Å². The molecule has 1 aliphatic rings. The van der Waals surface area contributed by atoms with Crippen molar-refractivity contribution in [3.8, 4) is 0 Å². The SMILES string of the molecule is CC[C@H]1O[C@@H](n2cc(C)c(=O)[nH]c2=O)CC1OP(=O)(O)OC. The third-order valence-corrected chi connectivity index (χ3v) is 4.54. The van der Waals surface area contributed by atoms with E-state index in [-0.39, 0.29) is 6.42 Å². The van der Waals surface area contributed by atoms with Crippen LogP contribution in [0.5, 0.6) is 0 Å². The molecule has 0 radical (unpaired) electrons. The molecule has 0 bridgehead atoms. The zero-order valence-electron chi connectivity index (χ0n) is 12.5. The van der Waals surface area contributed by atoms with Gasteiger partial charge in [-0.25, -0.2) is 9.36 Å². The number of nitrogens with zero attached hydrogens (tertiary/aromatic N) is 1. The number of ether oxygens (including phenoxy) is 1. The van der Waals surface area contributed by atoms with Crippen LogP contribution < -0.4 is 11.2 Å². The Morgan fingerprint density at radius 1 is 1.55 bits per heavy atom. The highest BCUT2D eigenvalue weighted by molar-refractivity contribution is 7.47. The number of nitrogens with one attached hydrogen (secondary N) is 1. The highest BCUT2D eigenvalue weighted by Crippen LogP contribution is 2.47. The molecular weight excluding hydrogens is 315 g/mol. The van der Waals surface area contributed by atoms with Crippen LogP contribution in [0.2, 0.25) is 0 Å². The zero-order valence-corrected chi connectivity index (χ0v) is 13.4. The molecule has 0 saturated carbocycles. The predicted octanol–water partition coefficient (Wildman–Crippen LogP) is 0.675. The molecule has 1 saturated heterocycles. The number of hydrogen-bond donors (Lipinski definition) is 2. The van der Waals surface area contributed by atoms with Gasteiger partial charge >= 0.3 is 13.5 Å². The number of phosphoric ester groups is 1. The lowest BCUT2D eigenvalue weighted by Gasteiger charge is -2.18. The largest absolute Gasteiger partial charge is 0.472 e. The third kappa shape index (κ3) is 3.56. The molecule has 22 heavy (non-hydrogen) atoms. The van der Waals surface area contributed by atoms with Crippen molar-refractivity contribution in [2.75, 3.05) is 7.11 Å². The molecule has 4 atom stereocenters. The van der Waals surface area contributed by atoms with Crippen LogP contribution in [0.25, 0.3) is 0 Å². The van der Waals surface area contributed by atoms with Crippen molar-refractivity contribution in [1.82, 2.24) is 9.55 Å². The van der Waals surface area contributed by atoms with Gasteiger partial charge in [-0.15, -0.1) is 0 Å². The van der Waals surface area contributed by atoms with Gasteiger partial charge in [0, 0.05) is 25.3 Å². The fourth-order valence-electron chi connectivity index (χ4n) is 2.36. The van der Waals surface area contributed by atoms with E-state index < -0.39 is 37.5 Å². The van der Waals surface area contributed by atoms with Crippen molar-refractivity contribution in [2.24, 2.45) is 0 Å². The van der Waals surface area contributed by atoms with Crippen molar-refractivity contribution in [2.45, 2.75) is 45.1 Å². The molecule has 124 valence electrons. The number of aryl methyl sites for hydroxylation is 1. The lowest BCUT2D eigenvalue weighted by atomic mass is 10.1. The van der Waals surface area contributed by atoms with E-state index in [0.29, 0.717) is 12.0 Å². The van der Waals surface area contributed by atoms with Crippen molar-refractivity contribution in [3.05, 3.63) is 32.6 Å². The van der Waals surface area contributed by atoms with Crippen LogP contribution in [0.15, 0.2) is 15.8 Å². The normalized spacial score (nSPS) is 27.7. The van der Waals surface area contributed by atoms with Gasteiger partial charge < -0.3 is 9.63 Å². The lowest BCUT2D eigenvalue weighted by Crippen LogP contribution is -2.33. The molecule has 2 N–H and O–H groups in total. The first-order chi connectivity index (χ1) is 10.3. The monoisotopic (exact) mass is 334 g/mol. The van der Waals surface area contributed by atoms with Crippen LogP contribution in [-0.4, -0.2) is 33.8 Å². The first-order valence-electron chi connectivity index (χ1n) is 6.82. The molecular formula is C12H19N2O7P. The lowest BCUT2D eigenvalue weighted by molar-refractivity contribution is -0.0223. The Bertz CT molecular complexity index is 697. The van der Waals surface area contributed by atoms with E-state index in [4.69, 9.17) is 9.26 Å². The maximum Gasteiger partial charge on any atom is 0.472 e. The van der Waals surface area contributed by atoms with Gasteiger partial charge in [0.1, 0.15) is 6.23 Å². The van der Waals surface area contributed by atoms with Crippen LogP contribution in [0.4, 0.5) is 0 Å². The van der Waals surface area contributed by atoms with E-state index in [1.54, 1.807) is 6.92 Å². The fraction of sp³-hybridized carbons (Fsp3) is 0.667. The Labute approximate surface area is 126 Å². The predicted molar refractivity (Wildman–Crippen MR) is 76.6 cm³/mol. The molecule has 9 nitrogen and oxygen atoms in total. The number of aromatic amines is 1. The summed E-state index contributed by atoms with van der Waals surface area (Å²) in [6.07, 6.45) is 0.287. The summed E-state index contributed by atoms with van der Waals surface area (Å²) in [6, 6.07) is 0.